The van der Waals surface area contributed by atoms with Crippen LogP contribution in [0.15, 0.2) is 30.3 Å². The first-order valence-corrected chi connectivity index (χ1v) is 8.26. The fourth-order valence-electron chi connectivity index (χ4n) is 3.48. The number of aliphatic hydroxyl groups is 1. The lowest BCUT2D eigenvalue weighted by atomic mass is 9.84. The molecule has 4 nitrogen and oxygen atoms in total. The minimum absolute atomic E-state index is 0.197. The van der Waals surface area contributed by atoms with Crippen LogP contribution in [0.2, 0.25) is 0 Å². The third-order valence-corrected chi connectivity index (χ3v) is 4.83. The summed E-state index contributed by atoms with van der Waals surface area (Å²) in [7, 11) is 0. The Balaban J connectivity index is 1.64. The van der Waals surface area contributed by atoms with Crippen LogP contribution in [-0.4, -0.2) is 35.8 Å². The van der Waals surface area contributed by atoms with E-state index in [-0.39, 0.29) is 6.10 Å². The molecule has 0 radical (unpaired) electrons. The lowest BCUT2D eigenvalue weighted by molar-refractivity contribution is -0.195. The van der Waals surface area contributed by atoms with E-state index in [2.05, 4.69) is 0 Å². The van der Waals surface area contributed by atoms with Crippen LogP contribution in [0.3, 0.4) is 0 Å². The van der Waals surface area contributed by atoms with Gasteiger partial charge in [0.2, 0.25) is 0 Å². The van der Waals surface area contributed by atoms with Crippen molar-refractivity contribution >= 4 is 0 Å². The Morgan fingerprint density at radius 2 is 1.86 bits per heavy atom. The maximum Gasteiger partial charge on any atom is 0.168 e. The number of benzene rings is 1. The first-order chi connectivity index (χ1) is 10.6. The lowest BCUT2D eigenvalue weighted by Gasteiger charge is -2.39. The fourth-order valence-corrected chi connectivity index (χ4v) is 3.48. The molecule has 1 saturated carbocycles. The predicted octanol–water partition coefficient (Wildman–Crippen LogP) is 3.03. The molecule has 1 aromatic rings. The summed E-state index contributed by atoms with van der Waals surface area (Å²) < 4.78 is 17.7. The van der Waals surface area contributed by atoms with Gasteiger partial charge in [-0.1, -0.05) is 30.3 Å². The molecule has 1 N–H and O–H groups in total. The second-order valence-electron chi connectivity index (χ2n) is 6.64. The van der Waals surface area contributed by atoms with Crippen molar-refractivity contribution < 1.29 is 19.3 Å². The van der Waals surface area contributed by atoms with Gasteiger partial charge in [0.05, 0.1) is 31.5 Å². The van der Waals surface area contributed by atoms with Crippen LogP contribution in [0.5, 0.6) is 0 Å². The summed E-state index contributed by atoms with van der Waals surface area (Å²) >= 11 is 0. The third kappa shape index (κ3) is 3.69. The second kappa shape index (κ2) is 6.67. The van der Waals surface area contributed by atoms with Gasteiger partial charge in [-0.2, -0.15) is 0 Å². The van der Waals surface area contributed by atoms with Crippen LogP contribution in [-0.2, 0) is 20.8 Å². The average Bonchev–Trinajstić information content (AvgIpc) is 2.96. The highest BCUT2D eigenvalue weighted by Crippen LogP contribution is 2.37. The van der Waals surface area contributed by atoms with Gasteiger partial charge in [-0.15, -0.1) is 0 Å². The Morgan fingerprint density at radius 1 is 1.14 bits per heavy atom. The van der Waals surface area contributed by atoms with Crippen molar-refractivity contribution in [1.82, 2.24) is 0 Å². The van der Waals surface area contributed by atoms with Gasteiger partial charge in [0, 0.05) is 12.8 Å². The van der Waals surface area contributed by atoms with E-state index in [1.54, 1.807) is 0 Å². The zero-order chi connectivity index (χ0) is 15.5. The Morgan fingerprint density at radius 3 is 2.59 bits per heavy atom. The van der Waals surface area contributed by atoms with Crippen LogP contribution in [0.1, 0.15) is 44.6 Å². The second-order valence-corrected chi connectivity index (χ2v) is 6.64. The SMILES string of the molecule is C[C@@]1(O)CCCC2(CC[C@@H]1OCc1ccccc1)OCCO2. The van der Waals surface area contributed by atoms with Gasteiger partial charge in [-0.25, -0.2) is 0 Å². The largest absolute Gasteiger partial charge is 0.387 e. The Kier molecular flexibility index (Phi) is 4.83. The molecule has 1 saturated heterocycles. The maximum absolute atomic E-state index is 10.7. The molecule has 1 aromatic carbocycles. The average molecular weight is 306 g/mol. The molecule has 22 heavy (non-hydrogen) atoms. The van der Waals surface area contributed by atoms with Crippen LogP contribution in [0, 0.1) is 0 Å². The summed E-state index contributed by atoms with van der Waals surface area (Å²) in [6.45, 7) is 3.76. The quantitative estimate of drug-likeness (QED) is 0.932. The van der Waals surface area contributed by atoms with Crippen molar-refractivity contribution in [2.24, 2.45) is 0 Å². The van der Waals surface area contributed by atoms with Gasteiger partial charge in [-0.3, -0.25) is 0 Å². The maximum atomic E-state index is 10.7. The molecule has 0 unspecified atom stereocenters. The van der Waals surface area contributed by atoms with Crippen LogP contribution >= 0.6 is 0 Å². The standard InChI is InChI=1S/C18H26O4/c1-17(19)9-5-10-18(21-12-13-22-18)11-8-16(17)20-14-15-6-3-2-4-7-15/h2-4,6-7,16,19H,5,8-14H2,1H3/t16-,17+/m0/s1. The highest BCUT2D eigenvalue weighted by molar-refractivity contribution is 5.13. The molecule has 0 bridgehead atoms. The molecule has 2 fully saturated rings. The summed E-state index contributed by atoms with van der Waals surface area (Å²) in [5.74, 6) is -0.440. The molecule has 2 atom stereocenters. The van der Waals surface area contributed by atoms with E-state index >= 15 is 0 Å². The van der Waals surface area contributed by atoms with Gasteiger partial charge in [0.15, 0.2) is 5.79 Å². The van der Waals surface area contributed by atoms with Gasteiger partial charge < -0.3 is 19.3 Å². The van der Waals surface area contributed by atoms with E-state index in [0.717, 1.165) is 31.2 Å². The topological polar surface area (TPSA) is 47.9 Å². The zero-order valence-electron chi connectivity index (χ0n) is 13.3. The number of hydrogen-bond acceptors (Lipinski definition) is 4. The Labute approximate surface area is 132 Å². The highest BCUT2D eigenvalue weighted by atomic mass is 16.7. The number of ether oxygens (including phenoxy) is 3. The predicted molar refractivity (Wildman–Crippen MR) is 83.4 cm³/mol. The normalized spacial score (nSPS) is 31.8. The zero-order valence-corrected chi connectivity index (χ0v) is 13.3. The minimum Gasteiger partial charge on any atom is -0.387 e. The van der Waals surface area contributed by atoms with Crippen molar-refractivity contribution in [3.05, 3.63) is 35.9 Å². The molecule has 1 aliphatic carbocycles. The summed E-state index contributed by atoms with van der Waals surface area (Å²) in [6.07, 6.45) is 3.79. The molecule has 0 amide bonds. The van der Waals surface area contributed by atoms with Crippen molar-refractivity contribution in [2.45, 2.75) is 63.1 Å². The van der Waals surface area contributed by atoms with Crippen LogP contribution in [0.4, 0.5) is 0 Å². The third-order valence-electron chi connectivity index (χ3n) is 4.83. The monoisotopic (exact) mass is 306 g/mol. The fraction of sp³-hybridized carbons (Fsp3) is 0.667. The smallest absolute Gasteiger partial charge is 0.168 e. The van der Waals surface area contributed by atoms with E-state index in [1.165, 1.54) is 0 Å². The van der Waals surface area contributed by atoms with Crippen LogP contribution in [0.25, 0.3) is 0 Å². The van der Waals surface area contributed by atoms with Crippen molar-refractivity contribution in [2.75, 3.05) is 13.2 Å². The molecule has 3 rings (SSSR count). The Bertz CT molecular complexity index is 465. The molecule has 1 spiro atoms. The Hall–Kier alpha value is -0.940. The van der Waals surface area contributed by atoms with Gasteiger partial charge in [0.1, 0.15) is 0 Å². The molecule has 4 heteroatoms. The van der Waals surface area contributed by atoms with E-state index in [0.29, 0.717) is 26.2 Å². The molecule has 2 aliphatic rings. The number of rotatable bonds is 3. The minimum atomic E-state index is -0.797. The van der Waals surface area contributed by atoms with E-state index < -0.39 is 11.4 Å². The molecular weight excluding hydrogens is 280 g/mol. The van der Waals surface area contributed by atoms with E-state index in [4.69, 9.17) is 14.2 Å². The van der Waals surface area contributed by atoms with Gasteiger partial charge in [0.25, 0.3) is 0 Å². The summed E-state index contributed by atoms with van der Waals surface area (Å²) in [6, 6.07) is 10.1. The molecule has 0 aromatic heterocycles. The summed E-state index contributed by atoms with van der Waals surface area (Å²) in [5.41, 5.74) is 0.332. The summed E-state index contributed by atoms with van der Waals surface area (Å²) in [5, 5.41) is 10.7. The van der Waals surface area contributed by atoms with Crippen LogP contribution < -0.4 is 0 Å². The molecule has 1 heterocycles. The first kappa shape index (κ1) is 15.9. The van der Waals surface area contributed by atoms with Crippen molar-refractivity contribution in [3.63, 3.8) is 0 Å². The lowest BCUT2D eigenvalue weighted by Crippen LogP contribution is -2.45. The van der Waals surface area contributed by atoms with Gasteiger partial charge in [-0.05, 0) is 31.7 Å². The van der Waals surface area contributed by atoms with E-state index in [9.17, 15) is 5.11 Å². The molecule has 1 aliphatic heterocycles. The molecular formula is C18H26O4. The summed E-state index contributed by atoms with van der Waals surface area (Å²) in [4.78, 5) is 0. The van der Waals surface area contributed by atoms with Crippen molar-refractivity contribution in [1.29, 1.82) is 0 Å². The number of hydrogen-bond donors (Lipinski definition) is 1. The van der Waals surface area contributed by atoms with Gasteiger partial charge >= 0.3 is 0 Å². The highest BCUT2D eigenvalue weighted by Gasteiger charge is 2.42. The van der Waals surface area contributed by atoms with E-state index in [1.807, 2.05) is 37.3 Å². The first-order valence-electron chi connectivity index (χ1n) is 8.26. The van der Waals surface area contributed by atoms with Crippen molar-refractivity contribution in [3.8, 4) is 0 Å². The molecule has 122 valence electrons.